The van der Waals surface area contributed by atoms with E-state index in [0.717, 1.165) is 55.6 Å². The second kappa shape index (κ2) is 6.34. The van der Waals surface area contributed by atoms with Crippen molar-refractivity contribution < 1.29 is 14.6 Å². The number of allylic oxidation sites excluding steroid dienone is 1. The molecule has 0 saturated heterocycles. The Morgan fingerprint density at radius 1 is 1.07 bits per heavy atom. The van der Waals surface area contributed by atoms with E-state index in [1.807, 2.05) is 19.1 Å². The molecule has 28 heavy (non-hydrogen) atoms. The van der Waals surface area contributed by atoms with Crippen LogP contribution >= 0.6 is 0 Å². The molecule has 1 heterocycles. The third-order valence-corrected chi connectivity index (χ3v) is 9.04. The monoisotopic (exact) mass is 382 g/mol. The van der Waals surface area contributed by atoms with Gasteiger partial charge >= 0.3 is 0 Å². The van der Waals surface area contributed by atoms with Crippen molar-refractivity contribution in [1.82, 2.24) is 0 Å². The molecule has 3 heteroatoms. The van der Waals surface area contributed by atoms with Crippen LogP contribution in [0.25, 0.3) is 6.08 Å². The largest absolute Gasteiger partial charge is 0.462 e. The maximum atomic E-state index is 11.3. The van der Waals surface area contributed by atoms with Gasteiger partial charge < -0.3 is 14.6 Å². The summed E-state index contributed by atoms with van der Waals surface area (Å²) in [7, 11) is 0. The molecular weight excluding hydrogens is 348 g/mol. The van der Waals surface area contributed by atoms with Gasteiger partial charge in [-0.25, -0.2) is 0 Å². The van der Waals surface area contributed by atoms with Crippen molar-refractivity contribution >= 4 is 6.08 Å². The Morgan fingerprint density at radius 2 is 1.89 bits per heavy atom. The van der Waals surface area contributed by atoms with Crippen molar-refractivity contribution in [2.24, 2.45) is 28.6 Å². The highest BCUT2D eigenvalue weighted by Crippen LogP contribution is 2.65. The molecule has 0 spiro atoms. The Bertz CT molecular complexity index is 833. The number of aliphatic hydroxyl groups excluding tert-OH is 2. The molecule has 2 N–H and O–H groups in total. The summed E-state index contributed by atoms with van der Waals surface area (Å²) in [4.78, 5) is 0. The van der Waals surface area contributed by atoms with Gasteiger partial charge in [0.1, 0.15) is 11.5 Å². The minimum absolute atomic E-state index is 0.0233. The van der Waals surface area contributed by atoms with E-state index in [1.54, 1.807) is 0 Å². The Hall–Kier alpha value is -1.32. The summed E-state index contributed by atoms with van der Waals surface area (Å²) < 4.78 is 5.76. The Morgan fingerprint density at radius 3 is 2.64 bits per heavy atom. The van der Waals surface area contributed by atoms with Crippen LogP contribution < -0.4 is 0 Å². The van der Waals surface area contributed by atoms with Crippen LogP contribution in [0.4, 0.5) is 0 Å². The van der Waals surface area contributed by atoms with Crippen LogP contribution in [-0.4, -0.2) is 22.4 Å². The van der Waals surface area contributed by atoms with E-state index in [0.29, 0.717) is 17.8 Å². The van der Waals surface area contributed by atoms with Gasteiger partial charge in [0.15, 0.2) is 0 Å². The van der Waals surface area contributed by atoms with Gasteiger partial charge in [0, 0.05) is 5.41 Å². The fourth-order valence-corrected chi connectivity index (χ4v) is 7.35. The summed E-state index contributed by atoms with van der Waals surface area (Å²) in [6.45, 7) is 6.74. The molecule has 0 bridgehead atoms. The van der Waals surface area contributed by atoms with E-state index < -0.39 is 0 Å². The van der Waals surface area contributed by atoms with Crippen LogP contribution in [0.15, 0.2) is 33.8 Å². The molecule has 1 aromatic rings. The molecule has 152 valence electrons. The van der Waals surface area contributed by atoms with Gasteiger partial charge in [-0.3, -0.25) is 0 Å². The second-order valence-electron chi connectivity index (χ2n) is 10.5. The Labute approximate surface area is 168 Å². The Balaban J connectivity index is 1.47. The van der Waals surface area contributed by atoms with Gasteiger partial charge in [-0.2, -0.15) is 0 Å². The lowest BCUT2D eigenvalue weighted by Gasteiger charge is -2.57. The van der Waals surface area contributed by atoms with Gasteiger partial charge in [0.25, 0.3) is 0 Å². The van der Waals surface area contributed by atoms with Crippen molar-refractivity contribution in [3.63, 3.8) is 0 Å². The average Bonchev–Trinajstić information content (AvgIpc) is 3.18. The molecule has 7 atom stereocenters. The fourth-order valence-electron chi connectivity index (χ4n) is 7.35. The zero-order chi connectivity index (χ0) is 19.7. The summed E-state index contributed by atoms with van der Waals surface area (Å²) in [5.41, 5.74) is 2.89. The van der Waals surface area contributed by atoms with Crippen LogP contribution in [0.1, 0.15) is 70.3 Å². The number of furan rings is 1. The fraction of sp³-hybridized carbons (Fsp3) is 0.680. The number of rotatable bonds is 1. The summed E-state index contributed by atoms with van der Waals surface area (Å²) in [6, 6.07) is 4.00. The summed E-state index contributed by atoms with van der Waals surface area (Å²) >= 11 is 0. The molecule has 1 aromatic heterocycles. The lowest BCUT2D eigenvalue weighted by atomic mass is 9.48. The molecule has 0 radical (unpaired) electrons. The lowest BCUT2D eigenvalue weighted by molar-refractivity contribution is -0.0685. The molecule has 0 unspecified atom stereocenters. The van der Waals surface area contributed by atoms with Crippen molar-refractivity contribution in [2.45, 2.75) is 77.9 Å². The second-order valence-corrected chi connectivity index (χ2v) is 10.5. The third kappa shape index (κ3) is 2.62. The van der Waals surface area contributed by atoms with E-state index in [4.69, 9.17) is 4.42 Å². The maximum Gasteiger partial charge on any atom is 0.127 e. The van der Waals surface area contributed by atoms with E-state index in [1.165, 1.54) is 12.0 Å². The molecule has 0 aromatic carbocycles. The zero-order valence-electron chi connectivity index (χ0n) is 17.4. The van der Waals surface area contributed by atoms with Crippen LogP contribution in [0.2, 0.25) is 0 Å². The first-order chi connectivity index (χ1) is 13.3. The predicted molar refractivity (Wildman–Crippen MR) is 111 cm³/mol. The van der Waals surface area contributed by atoms with E-state index in [9.17, 15) is 10.2 Å². The average molecular weight is 383 g/mol. The first-order valence-corrected chi connectivity index (χ1v) is 11.1. The highest BCUT2D eigenvalue weighted by molar-refractivity contribution is 5.51. The normalized spacial score (nSPS) is 46.7. The molecule has 5 rings (SSSR count). The van der Waals surface area contributed by atoms with E-state index >= 15 is 0 Å². The van der Waals surface area contributed by atoms with Gasteiger partial charge in [0.2, 0.25) is 0 Å². The number of fused-ring (bicyclic) bond motifs is 5. The van der Waals surface area contributed by atoms with Crippen LogP contribution in [0.3, 0.4) is 0 Å². The number of hydrogen-bond donors (Lipinski definition) is 2. The van der Waals surface area contributed by atoms with Crippen LogP contribution in [-0.2, 0) is 0 Å². The smallest absolute Gasteiger partial charge is 0.127 e. The molecular formula is C25H34O3. The lowest BCUT2D eigenvalue weighted by Crippen LogP contribution is -2.51. The summed E-state index contributed by atoms with van der Waals surface area (Å²) in [5, 5.41) is 21.4. The zero-order valence-corrected chi connectivity index (χ0v) is 17.4. The van der Waals surface area contributed by atoms with E-state index in [-0.39, 0.29) is 23.0 Å². The van der Waals surface area contributed by atoms with Gasteiger partial charge in [-0.1, -0.05) is 25.5 Å². The summed E-state index contributed by atoms with van der Waals surface area (Å²) in [6.07, 6.45) is 11.4. The van der Waals surface area contributed by atoms with Gasteiger partial charge in [-0.05, 0) is 98.8 Å². The summed E-state index contributed by atoms with van der Waals surface area (Å²) in [5.74, 6) is 3.65. The number of hydrogen-bond acceptors (Lipinski definition) is 3. The van der Waals surface area contributed by atoms with Gasteiger partial charge in [0.05, 0.1) is 12.2 Å². The minimum Gasteiger partial charge on any atom is -0.462 e. The molecule has 4 aliphatic rings. The van der Waals surface area contributed by atoms with Crippen LogP contribution in [0.5, 0.6) is 0 Å². The topological polar surface area (TPSA) is 53.6 Å². The molecule has 0 amide bonds. The van der Waals surface area contributed by atoms with Crippen molar-refractivity contribution in [3.05, 3.63) is 40.9 Å². The first-order valence-electron chi connectivity index (χ1n) is 11.1. The highest BCUT2D eigenvalue weighted by Gasteiger charge is 2.59. The van der Waals surface area contributed by atoms with Crippen molar-refractivity contribution in [1.29, 1.82) is 0 Å². The molecule has 4 aliphatic carbocycles. The SMILES string of the molecule is Cc1ccc(/C=C2/C[C@H]3[C@@H]4CC=C5C[C@H](O)CC[C@]5(C)[C@H]4CC[C@]3(C)[C@@H]2O)o1. The van der Waals surface area contributed by atoms with E-state index in [2.05, 4.69) is 26.0 Å². The Kier molecular flexibility index (Phi) is 4.23. The maximum absolute atomic E-state index is 11.3. The standard InChI is InChI=1S/C25H34O3/c1-15-4-6-19(28-15)12-16-13-22-20-7-5-17-14-18(26)8-10-24(17,2)21(20)9-11-25(22,3)23(16)27/h4-6,12,18,20-23,26-27H,7-11,13-14H2,1-3H3/b16-12-/t18-,20-,21+,22+,23-,24+,25+/m1/s1. The van der Waals surface area contributed by atoms with Crippen LogP contribution in [0, 0.1) is 35.5 Å². The quantitative estimate of drug-likeness (QED) is 0.651. The highest BCUT2D eigenvalue weighted by atomic mass is 16.3. The van der Waals surface area contributed by atoms with Crippen molar-refractivity contribution in [2.75, 3.05) is 0 Å². The van der Waals surface area contributed by atoms with Gasteiger partial charge in [-0.15, -0.1) is 0 Å². The number of aliphatic hydroxyl groups is 2. The molecule has 3 saturated carbocycles. The molecule has 3 nitrogen and oxygen atoms in total. The third-order valence-electron chi connectivity index (χ3n) is 9.04. The predicted octanol–water partition coefficient (Wildman–Crippen LogP) is 5.27. The molecule has 0 aliphatic heterocycles. The first kappa shape index (κ1) is 18.7. The minimum atomic E-state index is -0.366. The molecule has 3 fully saturated rings. The number of aryl methyl sites for hydroxylation is 1. The van der Waals surface area contributed by atoms with Crippen molar-refractivity contribution in [3.8, 4) is 0 Å².